The van der Waals surface area contributed by atoms with E-state index in [0.717, 1.165) is 11.1 Å². The van der Waals surface area contributed by atoms with E-state index in [1.807, 2.05) is 31.2 Å². The van der Waals surface area contributed by atoms with E-state index in [9.17, 15) is 18.0 Å². The molecule has 0 saturated heterocycles. The lowest BCUT2D eigenvalue weighted by Gasteiger charge is -2.31. The summed E-state index contributed by atoms with van der Waals surface area (Å²) in [6.45, 7) is 2.19. The van der Waals surface area contributed by atoms with Gasteiger partial charge in [0, 0.05) is 12.7 Å². The summed E-state index contributed by atoms with van der Waals surface area (Å²) < 4.78 is 22.9. The molecule has 0 aromatic heterocycles. The van der Waals surface area contributed by atoms with Crippen LogP contribution in [-0.4, -0.2) is 38.8 Å². The van der Waals surface area contributed by atoms with Crippen molar-refractivity contribution in [3.63, 3.8) is 0 Å². The molecule has 0 spiro atoms. The Labute approximate surface area is 168 Å². The van der Waals surface area contributed by atoms with Crippen LogP contribution in [0.5, 0.6) is 0 Å². The number of anilines is 1. The Morgan fingerprint density at radius 3 is 2.24 bits per heavy atom. The largest absolute Gasteiger partial charge is 0.327 e. The molecule has 2 aliphatic heterocycles. The topological polar surface area (TPSA) is 113 Å². The third-order valence-electron chi connectivity index (χ3n) is 5.25. The van der Waals surface area contributed by atoms with Crippen LogP contribution in [0.1, 0.15) is 17.2 Å². The average molecular weight is 412 g/mol. The van der Waals surface area contributed by atoms with Gasteiger partial charge in [0.1, 0.15) is 0 Å². The van der Waals surface area contributed by atoms with Crippen molar-refractivity contribution in [2.24, 2.45) is 5.14 Å². The SMILES string of the molecule is Cc1ccc(C2NC(=O)N(C)C3=C2C(=O)N(c2ccc(S(N)(=O)=O)cc2)C3)cc1. The number of hydrogen-bond donors (Lipinski definition) is 2. The first kappa shape index (κ1) is 19.2. The van der Waals surface area contributed by atoms with Crippen LogP contribution in [0.15, 0.2) is 64.7 Å². The normalized spacial score (nSPS) is 19.5. The summed E-state index contributed by atoms with van der Waals surface area (Å²) in [5.41, 5.74) is 3.56. The predicted molar refractivity (Wildman–Crippen MR) is 107 cm³/mol. The van der Waals surface area contributed by atoms with E-state index in [0.29, 0.717) is 17.0 Å². The molecule has 29 heavy (non-hydrogen) atoms. The summed E-state index contributed by atoms with van der Waals surface area (Å²) in [4.78, 5) is 28.7. The van der Waals surface area contributed by atoms with Crippen LogP contribution in [0.4, 0.5) is 10.5 Å². The van der Waals surface area contributed by atoms with Crippen LogP contribution >= 0.6 is 0 Å². The van der Waals surface area contributed by atoms with Crippen LogP contribution in [0.3, 0.4) is 0 Å². The molecule has 2 aromatic carbocycles. The number of rotatable bonds is 3. The highest BCUT2D eigenvalue weighted by atomic mass is 32.2. The molecule has 2 aromatic rings. The molecule has 0 fully saturated rings. The monoisotopic (exact) mass is 412 g/mol. The lowest BCUT2D eigenvalue weighted by molar-refractivity contribution is -0.114. The number of nitrogens with two attached hydrogens (primary N) is 1. The second-order valence-corrected chi connectivity index (χ2v) is 8.70. The lowest BCUT2D eigenvalue weighted by atomic mass is 9.95. The van der Waals surface area contributed by atoms with Crippen LogP contribution in [0.2, 0.25) is 0 Å². The van der Waals surface area contributed by atoms with Gasteiger partial charge >= 0.3 is 6.03 Å². The molecular weight excluding hydrogens is 392 g/mol. The van der Waals surface area contributed by atoms with Gasteiger partial charge in [-0.1, -0.05) is 29.8 Å². The van der Waals surface area contributed by atoms with Crippen LogP contribution < -0.4 is 15.4 Å². The molecule has 2 heterocycles. The van der Waals surface area contributed by atoms with Crippen LogP contribution in [-0.2, 0) is 14.8 Å². The van der Waals surface area contributed by atoms with E-state index >= 15 is 0 Å². The van der Waals surface area contributed by atoms with Crippen molar-refractivity contribution < 1.29 is 18.0 Å². The first-order valence-corrected chi connectivity index (χ1v) is 10.5. The molecule has 1 atom stereocenters. The van der Waals surface area contributed by atoms with E-state index in [2.05, 4.69) is 5.32 Å². The van der Waals surface area contributed by atoms with Crippen molar-refractivity contribution in [3.05, 3.63) is 70.9 Å². The number of primary sulfonamides is 1. The van der Waals surface area contributed by atoms with Crippen LogP contribution in [0.25, 0.3) is 0 Å². The molecule has 1 unspecified atom stereocenters. The Morgan fingerprint density at radius 1 is 1.03 bits per heavy atom. The molecule has 4 rings (SSSR count). The number of hydrogen-bond acceptors (Lipinski definition) is 4. The molecule has 9 heteroatoms. The van der Waals surface area contributed by atoms with Gasteiger partial charge < -0.3 is 10.2 Å². The number of likely N-dealkylation sites (N-methyl/N-ethyl adjacent to an activating group) is 1. The zero-order chi connectivity index (χ0) is 20.9. The van der Waals surface area contributed by atoms with Gasteiger partial charge in [0.05, 0.1) is 28.8 Å². The summed E-state index contributed by atoms with van der Waals surface area (Å²) in [5.74, 6) is -0.235. The second kappa shape index (κ2) is 6.71. The van der Waals surface area contributed by atoms with Crippen molar-refractivity contribution >= 4 is 27.6 Å². The van der Waals surface area contributed by atoms with Crippen molar-refractivity contribution in [1.82, 2.24) is 10.2 Å². The summed E-state index contributed by atoms with van der Waals surface area (Å²) in [7, 11) is -2.20. The smallest absolute Gasteiger partial charge is 0.322 e. The summed E-state index contributed by atoms with van der Waals surface area (Å²) in [5, 5.41) is 8.03. The van der Waals surface area contributed by atoms with Gasteiger partial charge in [-0.25, -0.2) is 18.4 Å². The Hall–Kier alpha value is -3.17. The molecule has 2 aliphatic rings. The molecular formula is C20H20N4O4S. The number of carbonyl (C=O) groups is 2. The Balaban J connectivity index is 1.71. The molecule has 150 valence electrons. The summed E-state index contributed by atoms with van der Waals surface area (Å²) in [6.07, 6.45) is 0. The fourth-order valence-electron chi connectivity index (χ4n) is 3.60. The first-order valence-electron chi connectivity index (χ1n) is 8.95. The molecule has 0 radical (unpaired) electrons. The van der Waals surface area contributed by atoms with E-state index < -0.39 is 16.1 Å². The average Bonchev–Trinajstić information content (AvgIpc) is 3.02. The molecule has 8 nitrogen and oxygen atoms in total. The van der Waals surface area contributed by atoms with E-state index in [1.165, 1.54) is 34.1 Å². The third-order valence-corrected chi connectivity index (χ3v) is 6.18. The number of urea groups is 1. The van der Waals surface area contributed by atoms with Crippen molar-refractivity contribution in [1.29, 1.82) is 0 Å². The van der Waals surface area contributed by atoms with E-state index in [4.69, 9.17) is 5.14 Å². The molecule has 0 aliphatic carbocycles. The fourth-order valence-corrected chi connectivity index (χ4v) is 4.12. The van der Waals surface area contributed by atoms with Gasteiger partial charge in [0.15, 0.2) is 0 Å². The van der Waals surface area contributed by atoms with E-state index in [-0.39, 0.29) is 23.4 Å². The number of amides is 3. The number of benzene rings is 2. The number of carbonyl (C=O) groups excluding carboxylic acids is 2. The van der Waals surface area contributed by atoms with Gasteiger partial charge in [-0.3, -0.25) is 9.69 Å². The highest BCUT2D eigenvalue weighted by Gasteiger charge is 2.43. The molecule has 3 amide bonds. The second-order valence-electron chi connectivity index (χ2n) is 7.14. The highest BCUT2D eigenvalue weighted by molar-refractivity contribution is 7.89. The van der Waals surface area contributed by atoms with Crippen molar-refractivity contribution in [2.45, 2.75) is 17.9 Å². The zero-order valence-corrected chi connectivity index (χ0v) is 16.7. The fraction of sp³-hybridized carbons (Fsp3) is 0.200. The van der Waals surface area contributed by atoms with Crippen molar-refractivity contribution in [3.8, 4) is 0 Å². The van der Waals surface area contributed by atoms with Crippen molar-refractivity contribution in [2.75, 3.05) is 18.5 Å². The Morgan fingerprint density at radius 2 is 1.66 bits per heavy atom. The molecule has 0 saturated carbocycles. The van der Waals surface area contributed by atoms with Gasteiger partial charge in [-0.2, -0.15) is 0 Å². The van der Waals surface area contributed by atoms with E-state index in [1.54, 1.807) is 7.05 Å². The number of sulfonamides is 1. The highest BCUT2D eigenvalue weighted by Crippen LogP contribution is 2.37. The maximum absolute atomic E-state index is 13.3. The summed E-state index contributed by atoms with van der Waals surface area (Å²) in [6, 6.07) is 12.6. The minimum Gasteiger partial charge on any atom is -0.327 e. The lowest BCUT2D eigenvalue weighted by Crippen LogP contribution is -2.45. The predicted octanol–water partition coefficient (Wildman–Crippen LogP) is 1.64. The zero-order valence-electron chi connectivity index (χ0n) is 15.9. The Kier molecular flexibility index (Phi) is 4.44. The first-order chi connectivity index (χ1) is 13.7. The third kappa shape index (κ3) is 3.28. The van der Waals surface area contributed by atoms with Crippen LogP contribution in [0, 0.1) is 6.92 Å². The number of nitrogens with one attached hydrogen (secondary N) is 1. The minimum absolute atomic E-state index is 0.0305. The molecule has 0 bridgehead atoms. The quantitative estimate of drug-likeness (QED) is 0.798. The Bertz CT molecular complexity index is 1140. The summed E-state index contributed by atoms with van der Waals surface area (Å²) >= 11 is 0. The van der Waals surface area contributed by atoms with Gasteiger partial charge in [-0.05, 0) is 36.8 Å². The van der Waals surface area contributed by atoms with Gasteiger partial charge in [0.25, 0.3) is 5.91 Å². The minimum atomic E-state index is -3.82. The standard InChI is InChI=1S/C20H20N4O4S/c1-12-3-5-13(6-4-12)18-17-16(23(2)20(26)22-18)11-24(19(17)25)14-7-9-15(10-8-14)29(21,27)28/h3-10,18H,11H2,1-2H3,(H,22,26)(H2,21,27,28). The maximum atomic E-state index is 13.3. The number of aryl methyl sites for hydroxylation is 1. The van der Waals surface area contributed by atoms with Gasteiger partial charge in [0.2, 0.25) is 10.0 Å². The maximum Gasteiger partial charge on any atom is 0.322 e. The molecule has 3 N–H and O–H groups in total. The number of nitrogens with zero attached hydrogens (tertiary/aromatic N) is 2. The van der Waals surface area contributed by atoms with Gasteiger partial charge in [-0.15, -0.1) is 0 Å².